The van der Waals surface area contributed by atoms with Crippen molar-refractivity contribution in [3.05, 3.63) is 65.9 Å². The number of methoxy groups -OCH3 is 1. The highest BCUT2D eigenvalue weighted by Gasteiger charge is 2.46. The predicted molar refractivity (Wildman–Crippen MR) is 116 cm³/mol. The minimum Gasteiger partial charge on any atom is -0.497 e. The standard InChI is InChI=1S/C23H26N2O4S/c1-16-8-13-20(19-6-4-14-24-22(16)19)30(27,28)25-15-5-7-21(25)23(2,26)17-9-11-18(29-3)12-10-17/h4,6,8-14,21,26H,5,7,15H2,1-3H3/t21-,23+/m0/s1. The highest BCUT2D eigenvalue weighted by Crippen LogP contribution is 2.39. The minimum absolute atomic E-state index is 0.230. The second-order valence-corrected chi connectivity index (χ2v) is 9.79. The fourth-order valence-electron chi connectivity index (χ4n) is 4.35. The fourth-order valence-corrected chi connectivity index (χ4v) is 6.30. The molecule has 0 amide bonds. The number of aromatic nitrogens is 1. The maximum absolute atomic E-state index is 13.7. The lowest BCUT2D eigenvalue weighted by molar-refractivity contribution is -0.000678. The number of pyridine rings is 1. The van der Waals surface area contributed by atoms with E-state index in [1.54, 1.807) is 68.8 Å². The molecule has 0 aliphatic carbocycles. The van der Waals surface area contributed by atoms with Gasteiger partial charge in [-0.05, 0) is 68.1 Å². The number of ether oxygens (including phenoxy) is 1. The largest absolute Gasteiger partial charge is 0.497 e. The summed E-state index contributed by atoms with van der Waals surface area (Å²) in [6.07, 6.45) is 2.94. The van der Waals surface area contributed by atoms with Gasteiger partial charge in [-0.3, -0.25) is 4.98 Å². The Labute approximate surface area is 177 Å². The van der Waals surface area contributed by atoms with Gasteiger partial charge in [-0.1, -0.05) is 18.2 Å². The van der Waals surface area contributed by atoms with E-state index in [2.05, 4.69) is 4.98 Å². The van der Waals surface area contributed by atoms with Crippen LogP contribution < -0.4 is 4.74 Å². The first-order chi connectivity index (χ1) is 14.3. The zero-order valence-corrected chi connectivity index (χ0v) is 18.2. The molecule has 3 aromatic rings. The molecule has 1 aliphatic rings. The van der Waals surface area contributed by atoms with Crippen molar-refractivity contribution in [1.29, 1.82) is 0 Å². The maximum Gasteiger partial charge on any atom is 0.244 e. The molecule has 0 spiro atoms. The van der Waals surface area contributed by atoms with Gasteiger partial charge in [0.05, 0.1) is 23.6 Å². The van der Waals surface area contributed by atoms with Crippen LogP contribution in [0.3, 0.4) is 0 Å². The monoisotopic (exact) mass is 426 g/mol. The number of hydrogen-bond donors (Lipinski definition) is 1. The van der Waals surface area contributed by atoms with Crippen LogP contribution in [0.5, 0.6) is 5.75 Å². The van der Waals surface area contributed by atoms with E-state index in [0.29, 0.717) is 41.6 Å². The molecule has 1 aromatic heterocycles. The molecule has 1 saturated heterocycles. The third-order valence-corrected chi connectivity index (χ3v) is 8.01. The Bertz CT molecular complexity index is 1170. The molecule has 0 saturated carbocycles. The van der Waals surface area contributed by atoms with Crippen molar-refractivity contribution in [2.24, 2.45) is 0 Å². The Hall–Kier alpha value is -2.48. The Morgan fingerprint density at radius 2 is 1.90 bits per heavy atom. The number of rotatable bonds is 5. The summed E-state index contributed by atoms with van der Waals surface area (Å²) < 4.78 is 34.1. The number of fused-ring (bicyclic) bond motifs is 1. The van der Waals surface area contributed by atoms with Crippen LogP contribution >= 0.6 is 0 Å². The SMILES string of the molecule is COc1ccc([C@@](C)(O)[C@@H]2CCCN2S(=O)(=O)c2ccc(C)c3ncccc23)cc1. The Balaban J connectivity index is 1.77. The molecule has 158 valence electrons. The number of benzene rings is 2. The summed E-state index contributed by atoms with van der Waals surface area (Å²) in [5.74, 6) is 0.684. The Morgan fingerprint density at radius 3 is 2.60 bits per heavy atom. The smallest absolute Gasteiger partial charge is 0.244 e. The third kappa shape index (κ3) is 3.37. The first-order valence-corrected chi connectivity index (χ1v) is 11.4. The van der Waals surface area contributed by atoms with Gasteiger partial charge in [0, 0.05) is 18.1 Å². The van der Waals surface area contributed by atoms with E-state index >= 15 is 0 Å². The summed E-state index contributed by atoms with van der Waals surface area (Å²) in [5.41, 5.74) is 0.920. The molecule has 6 nitrogen and oxygen atoms in total. The Morgan fingerprint density at radius 1 is 1.17 bits per heavy atom. The molecule has 2 aromatic carbocycles. The van der Waals surface area contributed by atoms with Gasteiger partial charge in [-0.25, -0.2) is 8.42 Å². The summed E-state index contributed by atoms with van der Waals surface area (Å²) in [7, 11) is -2.24. The number of hydrogen-bond acceptors (Lipinski definition) is 5. The zero-order valence-electron chi connectivity index (χ0n) is 17.4. The molecule has 0 radical (unpaired) electrons. The highest BCUT2D eigenvalue weighted by atomic mass is 32.2. The van der Waals surface area contributed by atoms with Gasteiger partial charge in [0.15, 0.2) is 0 Å². The lowest BCUT2D eigenvalue weighted by Crippen LogP contribution is -2.48. The average molecular weight is 427 g/mol. The van der Waals surface area contributed by atoms with Crippen molar-refractivity contribution in [1.82, 2.24) is 9.29 Å². The molecular weight excluding hydrogens is 400 g/mol. The van der Waals surface area contributed by atoms with Gasteiger partial charge in [0.2, 0.25) is 10.0 Å². The van der Waals surface area contributed by atoms with Crippen LogP contribution in [-0.2, 0) is 15.6 Å². The summed E-state index contributed by atoms with van der Waals surface area (Å²) in [6.45, 7) is 3.97. The van der Waals surface area contributed by atoms with Crippen molar-refractivity contribution in [3.63, 3.8) is 0 Å². The predicted octanol–water partition coefficient (Wildman–Crippen LogP) is 3.61. The molecule has 1 fully saturated rings. The lowest BCUT2D eigenvalue weighted by Gasteiger charge is -2.36. The summed E-state index contributed by atoms with van der Waals surface area (Å²) in [4.78, 5) is 4.60. The summed E-state index contributed by atoms with van der Waals surface area (Å²) in [5, 5.41) is 12.0. The van der Waals surface area contributed by atoms with E-state index in [1.165, 1.54) is 4.31 Å². The van der Waals surface area contributed by atoms with Crippen molar-refractivity contribution < 1.29 is 18.3 Å². The molecule has 0 unspecified atom stereocenters. The Kier molecular flexibility index (Phi) is 5.30. The van der Waals surface area contributed by atoms with E-state index in [-0.39, 0.29) is 4.90 Å². The topological polar surface area (TPSA) is 79.7 Å². The van der Waals surface area contributed by atoms with Crippen LogP contribution in [0.2, 0.25) is 0 Å². The van der Waals surface area contributed by atoms with Gasteiger partial charge in [-0.2, -0.15) is 4.31 Å². The van der Waals surface area contributed by atoms with Gasteiger partial charge in [-0.15, -0.1) is 0 Å². The van der Waals surface area contributed by atoms with Gasteiger partial charge in [0.25, 0.3) is 0 Å². The number of aryl methyl sites for hydroxylation is 1. The van der Waals surface area contributed by atoms with Crippen molar-refractivity contribution in [3.8, 4) is 5.75 Å². The molecule has 7 heteroatoms. The van der Waals surface area contributed by atoms with E-state index in [4.69, 9.17) is 4.74 Å². The molecule has 0 bridgehead atoms. The molecule has 1 aliphatic heterocycles. The number of aliphatic hydroxyl groups is 1. The molecule has 1 N–H and O–H groups in total. The fraction of sp³-hybridized carbons (Fsp3) is 0.348. The number of sulfonamides is 1. The van der Waals surface area contributed by atoms with Crippen molar-refractivity contribution >= 4 is 20.9 Å². The van der Waals surface area contributed by atoms with E-state index in [0.717, 1.165) is 5.56 Å². The number of nitrogens with zero attached hydrogens (tertiary/aromatic N) is 2. The van der Waals surface area contributed by atoms with Crippen molar-refractivity contribution in [2.45, 2.75) is 43.2 Å². The van der Waals surface area contributed by atoms with Crippen molar-refractivity contribution in [2.75, 3.05) is 13.7 Å². The zero-order chi connectivity index (χ0) is 21.5. The summed E-state index contributed by atoms with van der Waals surface area (Å²) >= 11 is 0. The van der Waals surface area contributed by atoms with Gasteiger partial charge < -0.3 is 9.84 Å². The molecule has 2 atom stereocenters. The molecule has 2 heterocycles. The quantitative estimate of drug-likeness (QED) is 0.674. The van der Waals surface area contributed by atoms with E-state index in [1.807, 2.05) is 6.92 Å². The highest BCUT2D eigenvalue weighted by molar-refractivity contribution is 7.89. The minimum atomic E-state index is -3.83. The van der Waals surface area contributed by atoms with Gasteiger partial charge in [0.1, 0.15) is 11.4 Å². The van der Waals surface area contributed by atoms with Crippen LogP contribution in [0.25, 0.3) is 10.9 Å². The van der Waals surface area contributed by atoms with Gasteiger partial charge >= 0.3 is 0 Å². The molecule has 30 heavy (non-hydrogen) atoms. The molecule has 4 rings (SSSR count). The first-order valence-electron chi connectivity index (χ1n) is 10.00. The summed E-state index contributed by atoms with van der Waals surface area (Å²) in [6, 6.07) is 13.5. The third-order valence-electron chi connectivity index (χ3n) is 6.05. The van der Waals surface area contributed by atoms with Crippen LogP contribution in [0.4, 0.5) is 0 Å². The lowest BCUT2D eigenvalue weighted by atomic mass is 9.87. The van der Waals surface area contributed by atoms with E-state index < -0.39 is 21.7 Å². The maximum atomic E-state index is 13.7. The van der Waals surface area contributed by atoms with Crippen LogP contribution in [-0.4, -0.2) is 42.5 Å². The van der Waals surface area contributed by atoms with E-state index in [9.17, 15) is 13.5 Å². The first kappa shape index (κ1) is 20.8. The second kappa shape index (κ2) is 7.65. The van der Waals surface area contributed by atoms with Crippen LogP contribution in [0, 0.1) is 6.92 Å². The molecular formula is C23H26N2O4S. The van der Waals surface area contributed by atoms with Crippen LogP contribution in [0.1, 0.15) is 30.9 Å². The second-order valence-electron chi connectivity index (χ2n) is 7.93. The van der Waals surface area contributed by atoms with Crippen LogP contribution in [0.15, 0.2) is 59.6 Å². The normalized spacial score (nSPS) is 19.7. The average Bonchev–Trinajstić information content (AvgIpc) is 3.26.